The van der Waals surface area contributed by atoms with Crippen LogP contribution in [0.5, 0.6) is 0 Å². The van der Waals surface area contributed by atoms with Gasteiger partial charge in [-0.25, -0.2) is 0 Å². The van der Waals surface area contributed by atoms with Gasteiger partial charge in [0, 0.05) is 19.1 Å². The molecule has 1 amide bonds. The lowest BCUT2D eigenvalue weighted by Crippen LogP contribution is -2.46. The molecule has 0 aromatic carbocycles. The number of hydrogen-bond donors (Lipinski definition) is 2. The van der Waals surface area contributed by atoms with Gasteiger partial charge in [-0.1, -0.05) is 13.8 Å². The molecule has 1 saturated carbocycles. The first-order valence-electron chi connectivity index (χ1n) is 7.24. The Morgan fingerprint density at radius 3 is 2.78 bits per heavy atom. The summed E-state index contributed by atoms with van der Waals surface area (Å²) in [5.41, 5.74) is 5.88. The van der Waals surface area contributed by atoms with Crippen LogP contribution in [0.4, 0.5) is 0 Å². The zero-order valence-corrected chi connectivity index (χ0v) is 11.7. The molecule has 1 saturated heterocycles. The number of nitrogens with two attached hydrogens (primary N) is 1. The minimum Gasteiger partial charge on any atom is -0.368 e. The van der Waals surface area contributed by atoms with Crippen molar-refractivity contribution in [1.82, 2.24) is 10.2 Å². The van der Waals surface area contributed by atoms with E-state index in [0.717, 1.165) is 19.5 Å². The number of piperidine rings is 1. The van der Waals surface area contributed by atoms with E-state index in [1.165, 1.54) is 32.2 Å². The second-order valence-corrected chi connectivity index (χ2v) is 6.73. The highest BCUT2D eigenvalue weighted by Crippen LogP contribution is 2.28. The second kappa shape index (κ2) is 5.57. The van der Waals surface area contributed by atoms with Gasteiger partial charge >= 0.3 is 0 Å². The van der Waals surface area contributed by atoms with Gasteiger partial charge in [-0.15, -0.1) is 0 Å². The van der Waals surface area contributed by atoms with E-state index in [9.17, 15) is 4.79 Å². The van der Waals surface area contributed by atoms with Gasteiger partial charge in [-0.2, -0.15) is 0 Å². The molecule has 2 fully saturated rings. The van der Waals surface area contributed by atoms with Crippen molar-refractivity contribution in [2.75, 3.05) is 19.6 Å². The Morgan fingerprint density at radius 1 is 1.50 bits per heavy atom. The Balaban J connectivity index is 1.75. The normalized spacial score (nSPS) is 25.9. The first-order valence-corrected chi connectivity index (χ1v) is 7.24. The fourth-order valence-corrected chi connectivity index (χ4v) is 2.89. The third-order valence-electron chi connectivity index (χ3n) is 4.07. The zero-order valence-electron chi connectivity index (χ0n) is 11.7. The van der Waals surface area contributed by atoms with Crippen molar-refractivity contribution in [2.24, 2.45) is 11.1 Å². The molecule has 0 bridgehead atoms. The van der Waals surface area contributed by atoms with Crippen molar-refractivity contribution in [3.8, 4) is 0 Å². The molecule has 1 atom stereocenters. The van der Waals surface area contributed by atoms with Crippen molar-refractivity contribution in [3.05, 3.63) is 0 Å². The molecule has 1 heterocycles. The van der Waals surface area contributed by atoms with Crippen molar-refractivity contribution in [3.63, 3.8) is 0 Å². The average Bonchev–Trinajstić information content (AvgIpc) is 3.06. The number of carbonyl (C=O) groups is 1. The Kier molecular flexibility index (Phi) is 4.28. The minimum absolute atomic E-state index is 0.137. The van der Waals surface area contributed by atoms with Gasteiger partial charge in [-0.05, 0) is 44.1 Å². The molecule has 18 heavy (non-hydrogen) atoms. The van der Waals surface area contributed by atoms with Crippen LogP contribution in [-0.2, 0) is 4.79 Å². The monoisotopic (exact) mass is 253 g/mol. The molecule has 104 valence electrons. The van der Waals surface area contributed by atoms with Crippen LogP contribution in [0.25, 0.3) is 0 Å². The Morgan fingerprint density at radius 2 is 2.22 bits per heavy atom. The van der Waals surface area contributed by atoms with Crippen LogP contribution in [0.3, 0.4) is 0 Å². The number of amides is 1. The summed E-state index contributed by atoms with van der Waals surface area (Å²) in [6, 6.07) is 0.405. The molecule has 0 aromatic rings. The van der Waals surface area contributed by atoms with Gasteiger partial charge in [0.05, 0.1) is 6.04 Å². The van der Waals surface area contributed by atoms with E-state index in [1.54, 1.807) is 0 Å². The van der Waals surface area contributed by atoms with E-state index in [4.69, 9.17) is 5.73 Å². The van der Waals surface area contributed by atoms with Crippen molar-refractivity contribution in [2.45, 2.75) is 58.0 Å². The number of likely N-dealkylation sites (tertiary alicyclic amines) is 1. The van der Waals surface area contributed by atoms with E-state index in [-0.39, 0.29) is 11.9 Å². The van der Waals surface area contributed by atoms with E-state index >= 15 is 0 Å². The molecule has 4 heteroatoms. The molecule has 1 aliphatic heterocycles. The van der Waals surface area contributed by atoms with Crippen molar-refractivity contribution in [1.29, 1.82) is 0 Å². The number of carbonyl (C=O) groups excluding carboxylic acids is 1. The van der Waals surface area contributed by atoms with E-state index in [0.29, 0.717) is 11.5 Å². The Bertz CT molecular complexity index is 299. The fraction of sp³-hybridized carbons (Fsp3) is 0.929. The highest BCUT2D eigenvalue weighted by molar-refractivity contribution is 5.79. The number of nitrogens with zero attached hydrogens (tertiary/aromatic N) is 1. The molecule has 2 aliphatic rings. The Hall–Kier alpha value is -0.610. The van der Waals surface area contributed by atoms with Crippen LogP contribution in [0, 0.1) is 5.41 Å². The molecule has 1 unspecified atom stereocenters. The van der Waals surface area contributed by atoms with Gasteiger partial charge in [0.2, 0.25) is 5.91 Å². The van der Waals surface area contributed by atoms with Crippen molar-refractivity contribution < 1.29 is 4.79 Å². The molecule has 0 spiro atoms. The third-order valence-corrected chi connectivity index (χ3v) is 4.07. The van der Waals surface area contributed by atoms with Gasteiger partial charge in [0.25, 0.3) is 0 Å². The highest BCUT2D eigenvalue weighted by atomic mass is 16.1. The van der Waals surface area contributed by atoms with E-state index in [2.05, 4.69) is 24.1 Å². The first-order chi connectivity index (χ1) is 8.46. The third kappa shape index (κ3) is 4.25. The fourth-order valence-electron chi connectivity index (χ4n) is 2.89. The summed E-state index contributed by atoms with van der Waals surface area (Å²) >= 11 is 0. The maximum atomic E-state index is 11.4. The van der Waals surface area contributed by atoms with Gasteiger partial charge < -0.3 is 16.0 Å². The number of rotatable bonds is 6. The molecule has 3 N–H and O–H groups in total. The molecular weight excluding hydrogens is 226 g/mol. The predicted molar refractivity (Wildman–Crippen MR) is 73.2 cm³/mol. The smallest absolute Gasteiger partial charge is 0.234 e. The van der Waals surface area contributed by atoms with Crippen LogP contribution in [-0.4, -0.2) is 42.5 Å². The molecule has 0 radical (unpaired) electrons. The summed E-state index contributed by atoms with van der Waals surface area (Å²) in [6.45, 7) is 7.94. The SMILES string of the molecule is CC1(C)CCCN(CCC(NC2CC2)C(N)=O)C1. The van der Waals surface area contributed by atoms with Crippen LogP contribution >= 0.6 is 0 Å². The summed E-state index contributed by atoms with van der Waals surface area (Å²) in [5.74, 6) is -0.196. The van der Waals surface area contributed by atoms with Crippen LogP contribution < -0.4 is 11.1 Å². The Labute approximate surface area is 110 Å². The molecule has 0 aromatic heterocycles. The number of hydrogen-bond acceptors (Lipinski definition) is 3. The van der Waals surface area contributed by atoms with Gasteiger partial charge in [0.15, 0.2) is 0 Å². The van der Waals surface area contributed by atoms with Crippen LogP contribution in [0.1, 0.15) is 46.0 Å². The lowest BCUT2D eigenvalue weighted by molar-refractivity contribution is -0.120. The summed E-state index contributed by atoms with van der Waals surface area (Å²) in [6.07, 6.45) is 5.82. The number of nitrogens with one attached hydrogen (secondary N) is 1. The quantitative estimate of drug-likeness (QED) is 0.745. The first kappa shape index (κ1) is 13.8. The maximum absolute atomic E-state index is 11.4. The van der Waals surface area contributed by atoms with Crippen molar-refractivity contribution >= 4 is 5.91 Å². The number of primary amides is 1. The lowest BCUT2D eigenvalue weighted by atomic mass is 9.84. The highest BCUT2D eigenvalue weighted by Gasteiger charge is 2.29. The summed E-state index contributed by atoms with van der Waals surface area (Å²) in [5, 5.41) is 3.35. The van der Waals surface area contributed by atoms with Crippen LogP contribution in [0.2, 0.25) is 0 Å². The molecule has 1 aliphatic carbocycles. The standard InChI is InChI=1S/C14H27N3O/c1-14(2)7-3-8-17(10-14)9-6-12(13(15)18)16-11-4-5-11/h11-12,16H,3-10H2,1-2H3,(H2,15,18). The average molecular weight is 253 g/mol. The molecular formula is C14H27N3O. The summed E-state index contributed by atoms with van der Waals surface area (Å²) in [7, 11) is 0. The summed E-state index contributed by atoms with van der Waals surface area (Å²) in [4.78, 5) is 13.9. The van der Waals surface area contributed by atoms with E-state index in [1.807, 2.05) is 0 Å². The van der Waals surface area contributed by atoms with Gasteiger partial charge in [-0.3, -0.25) is 4.79 Å². The zero-order chi connectivity index (χ0) is 13.2. The topological polar surface area (TPSA) is 58.4 Å². The lowest BCUT2D eigenvalue weighted by Gasteiger charge is -2.38. The predicted octanol–water partition coefficient (Wildman–Crippen LogP) is 1.10. The van der Waals surface area contributed by atoms with Gasteiger partial charge in [0.1, 0.15) is 0 Å². The minimum atomic E-state index is -0.196. The summed E-state index contributed by atoms with van der Waals surface area (Å²) < 4.78 is 0. The molecule has 2 rings (SSSR count). The van der Waals surface area contributed by atoms with E-state index < -0.39 is 0 Å². The van der Waals surface area contributed by atoms with Crippen LogP contribution in [0.15, 0.2) is 0 Å². The maximum Gasteiger partial charge on any atom is 0.234 e. The second-order valence-electron chi connectivity index (χ2n) is 6.73. The molecule has 4 nitrogen and oxygen atoms in total. The largest absolute Gasteiger partial charge is 0.368 e.